The number of rotatable bonds is 7. The second kappa shape index (κ2) is 9.19. The zero-order valence-corrected chi connectivity index (χ0v) is 16.6. The maximum absolute atomic E-state index is 12.2. The molecular formula is C20H22N2O4S. The van der Waals surface area contributed by atoms with Crippen LogP contribution in [0.25, 0.3) is 0 Å². The molecule has 1 aromatic heterocycles. The van der Waals surface area contributed by atoms with E-state index < -0.39 is 11.9 Å². The van der Waals surface area contributed by atoms with Crippen molar-refractivity contribution >= 4 is 28.2 Å². The van der Waals surface area contributed by atoms with Gasteiger partial charge in [0.1, 0.15) is 21.7 Å². The van der Waals surface area contributed by atoms with Crippen LogP contribution < -0.4 is 10.1 Å². The highest BCUT2D eigenvalue weighted by atomic mass is 32.1. The van der Waals surface area contributed by atoms with Crippen LogP contribution in [-0.2, 0) is 9.53 Å². The van der Waals surface area contributed by atoms with E-state index in [0.29, 0.717) is 27.1 Å². The second-order valence-corrected chi connectivity index (χ2v) is 7.18. The number of nitriles is 1. The molecule has 1 amide bonds. The number of nitrogens with zero attached hydrogens (tertiary/aromatic N) is 1. The van der Waals surface area contributed by atoms with E-state index in [9.17, 15) is 14.9 Å². The zero-order chi connectivity index (χ0) is 20.0. The fourth-order valence-electron chi connectivity index (χ4n) is 2.40. The normalized spacial score (nSPS) is 10.4. The Morgan fingerprint density at radius 2 is 2.07 bits per heavy atom. The predicted octanol–water partition coefficient (Wildman–Crippen LogP) is 4.25. The summed E-state index contributed by atoms with van der Waals surface area (Å²) in [6, 6.07) is 9.59. The third kappa shape index (κ3) is 5.08. The first kappa shape index (κ1) is 20.5. The minimum absolute atomic E-state index is 0.196. The molecule has 6 nitrogen and oxygen atoms in total. The van der Waals surface area contributed by atoms with Crippen LogP contribution in [0.1, 0.15) is 53.1 Å². The van der Waals surface area contributed by atoms with E-state index in [1.165, 1.54) is 0 Å². The lowest BCUT2D eigenvalue weighted by Crippen LogP contribution is -2.20. The van der Waals surface area contributed by atoms with Gasteiger partial charge in [-0.05, 0) is 43.0 Å². The number of esters is 1. The van der Waals surface area contributed by atoms with Crippen molar-refractivity contribution in [3.63, 3.8) is 0 Å². The molecule has 0 saturated heterocycles. The van der Waals surface area contributed by atoms with E-state index in [1.54, 1.807) is 19.9 Å². The molecule has 0 aliphatic rings. The van der Waals surface area contributed by atoms with Crippen LogP contribution in [-0.4, -0.2) is 25.1 Å². The van der Waals surface area contributed by atoms with Gasteiger partial charge in [-0.3, -0.25) is 4.79 Å². The van der Waals surface area contributed by atoms with Crippen molar-refractivity contribution in [2.24, 2.45) is 0 Å². The number of nitrogens with one attached hydrogen (secondary N) is 1. The number of amides is 1. The molecule has 1 N–H and O–H groups in total. The summed E-state index contributed by atoms with van der Waals surface area (Å²) in [7, 11) is 0. The van der Waals surface area contributed by atoms with Crippen LogP contribution >= 0.6 is 11.3 Å². The van der Waals surface area contributed by atoms with Crippen LogP contribution in [0.15, 0.2) is 24.3 Å². The van der Waals surface area contributed by atoms with Crippen LogP contribution in [0, 0.1) is 18.3 Å². The lowest BCUT2D eigenvalue weighted by atomic mass is 10.0. The van der Waals surface area contributed by atoms with Gasteiger partial charge in [-0.1, -0.05) is 26.0 Å². The quantitative estimate of drug-likeness (QED) is 0.719. The number of hydrogen-bond donors (Lipinski definition) is 1. The summed E-state index contributed by atoms with van der Waals surface area (Å²) in [5, 5.41) is 12.3. The van der Waals surface area contributed by atoms with E-state index in [-0.39, 0.29) is 18.8 Å². The van der Waals surface area contributed by atoms with E-state index in [0.717, 1.165) is 16.9 Å². The summed E-state index contributed by atoms with van der Waals surface area (Å²) < 4.78 is 10.5. The maximum atomic E-state index is 12.2. The van der Waals surface area contributed by atoms with Crippen LogP contribution in [0.3, 0.4) is 0 Å². The predicted molar refractivity (Wildman–Crippen MR) is 104 cm³/mol. The number of hydrogen-bond acceptors (Lipinski definition) is 6. The fraction of sp³-hybridized carbons (Fsp3) is 0.350. The minimum Gasteiger partial charge on any atom is -0.484 e. The molecule has 0 aliphatic carbocycles. The van der Waals surface area contributed by atoms with Crippen LogP contribution in [0.5, 0.6) is 5.75 Å². The molecule has 0 spiro atoms. The number of benzene rings is 1. The van der Waals surface area contributed by atoms with Crippen molar-refractivity contribution in [1.29, 1.82) is 5.26 Å². The van der Waals surface area contributed by atoms with Gasteiger partial charge >= 0.3 is 5.97 Å². The number of anilines is 1. The van der Waals surface area contributed by atoms with Crippen molar-refractivity contribution < 1.29 is 19.1 Å². The van der Waals surface area contributed by atoms with Gasteiger partial charge in [-0.2, -0.15) is 5.26 Å². The molecule has 0 saturated carbocycles. The average molecular weight is 386 g/mol. The number of carbonyl (C=O) groups is 2. The molecule has 0 unspecified atom stereocenters. The molecule has 27 heavy (non-hydrogen) atoms. The minimum atomic E-state index is -0.501. The lowest BCUT2D eigenvalue weighted by molar-refractivity contribution is -0.118. The molecule has 0 fully saturated rings. The molecule has 142 valence electrons. The Kier molecular flexibility index (Phi) is 6.97. The standard InChI is InChI=1S/C20H22N2O4S/c1-5-25-20(24)18-13(4)16(10-21)19(27-18)22-17(23)11-26-15-8-6-7-14(9-15)12(2)3/h6-9,12H,5,11H2,1-4H3,(H,22,23). The Bertz CT molecular complexity index is 881. The Morgan fingerprint density at radius 3 is 2.70 bits per heavy atom. The SMILES string of the molecule is CCOC(=O)c1sc(NC(=O)COc2cccc(C(C)C)c2)c(C#N)c1C. The summed E-state index contributed by atoms with van der Waals surface area (Å²) in [6.07, 6.45) is 0. The average Bonchev–Trinajstić information content (AvgIpc) is 2.95. The van der Waals surface area contributed by atoms with Crippen molar-refractivity contribution in [3.05, 3.63) is 45.8 Å². The fourth-order valence-corrected chi connectivity index (χ4v) is 3.47. The van der Waals surface area contributed by atoms with E-state index in [4.69, 9.17) is 9.47 Å². The largest absolute Gasteiger partial charge is 0.484 e. The van der Waals surface area contributed by atoms with Crippen molar-refractivity contribution in [2.45, 2.75) is 33.6 Å². The van der Waals surface area contributed by atoms with E-state index >= 15 is 0 Å². The third-order valence-corrected chi connectivity index (χ3v) is 5.05. The van der Waals surface area contributed by atoms with Gasteiger partial charge < -0.3 is 14.8 Å². The van der Waals surface area contributed by atoms with Crippen molar-refractivity contribution in [2.75, 3.05) is 18.5 Å². The van der Waals surface area contributed by atoms with Crippen molar-refractivity contribution in [3.8, 4) is 11.8 Å². The molecule has 0 atom stereocenters. The van der Waals surface area contributed by atoms with E-state index in [2.05, 4.69) is 19.2 Å². The number of ether oxygens (including phenoxy) is 2. The highest BCUT2D eigenvalue weighted by Gasteiger charge is 2.22. The zero-order valence-electron chi connectivity index (χ0n) is 15.8. The summed E-state index contributed by atoms with van der Waals surface area (Å²) >= 11 is 1.03. The monoisotopic (exact) mass is 386 g/mol. The summed E-state index contributed by atoms with van der Waals surface area (Å²) in [5.41, 5.74) is 1.88. The molecule has 2 aromatic rings. The molecular weight excluding hydrogens is 364 g/mol. The molecule has 1 aromatic carbocycles. The van der Waals surface area contributed by atoms with Crippen LogP contribution in [0.2, 0.25) is 0 Å². The molecule has 0 bridgehead atoms. The maximum Gasteiger partial charge on any atom is 0.348 e. The van der Waals surface area contributed by atoms with E-state index in [1.807, 2.05) is 24.3 Å². The van der Waals surface area contributed by atoms with Crippen LogP contribution in [0.4, 0.5) is 5.00 Å². The van der Waals surface area contributed by atoms with Gasteiger partial charge in [0.15, 0.2) is 6.61 Å². The molecule has 2 rings (SSSR count). The molecule has 1 heterocycles. The Morgan fingerprint density at radius 1 is 1.33 bits per heavy atom. The van der Waals surface area contributed by atoms with Crippen molar-refractivity contribution in [1.82, 2.24) is 0 Å². The van der Waals surface area contributed by atoms with Gasteiger partial charge in [-0.15, -0.1) is 11.3 Å². The first-order valence-corrected chi connectivity index (χ1v) is 9.42. The second-order valence-electron chi connectivity index (χ2n) is 6.16. The smallest absolute Gasteiger partial charge is 0.348 e. The van der Waals surface area contributed by atoms with Gasteiger partial charge in [0, 0.05) is 0 Å². The lowest BCUT2D eigenvalue weighted by Gasteiger charge is -2.10. The number of carbonyl (C=O) groups excluding carboxylic acids is 2. The Balaban J connectivity index is 2.07. The molecule has 0 aliphatic heterocycles. The van der Waals surface area contributed by atoms with Gasteiger partial charge in [0.25, 0.3) is 5.91 Å². The highest BCUT2D eigenvalue weighted by molar-refractivity contribution is 7.18. The third-order valence-electron chi connectivity index (χ3n) is 3.87. The van der Waals surface area contributed by atoms with Gasteiger partial charge in [-0.25, -0.2) is 4.79 Å². The molecule has 0 radical (unpaired) electrons. The topological polar surface area (TPSA) is 88.4 Å². The first-order valence-electron chi connectivity index (χ1n) is 8.60. The Hall–Kier alpha value is -2.85. The summed E-state index contributed by atoms with van der Waals surface area (Å²) in [6.45, 7) is 7.57. The summed E-state index contributed by atoms with van der Waals surface area (Å²) in [5.74, 6) is 0.0549. The highest BCUT2D eigenvalue weighted by Crippen LogP contribution is 2.33. The molecule has 7 heteroatoms. The number of thiophene rings is 1. The summed E-state index contributed by atoms with van der Waals surface area (Å²) in [4.78, 5) is 24.5. The first-order chi connectivity index (χ1) is 12.9. The van der Waals surface area contributed by atoms with Gasteiger partial charge in [0.05, 0.1) is 12.2 Å². The Labute approximate surface area is 162 Å². The van der Waals surface area contributed by atoms with Gasteiger partial charge in [0.2, 0.25) is 0 Å².